The highest BCUT2D eigenvalue weighted by Crippen LogP contribution is 2.62. The number of thiol groups is 1. The average molecular weight is 592 g/mol. The van der Waals surface area contributed by atoms with Crippen molar-refractivity contribution in [2.75, 3.05) is 11.5 Å². The molecule has 0 heterocycles. The molecule has 4 rings (SSSR count). The number of aromatic hydroxyl groups is 1. The summed E-state index contributed by atoms with van der Waals surface area (Å²) in [5.74, 6) is -0.603. The minimum atomic E-state index is -5.44. The molecule has 0 spiro atoms. The van der Waals surface area contributed by atoms with E-state index in [4.69, 9.17) is 0 Å². The van der Waals surface area contributed by atoms with Crippen LogP contribution in [0.2, 0.25) is 0 Å². The van der Waals surface area contributed by atoms with Gasteiger partial charge in [-0.15, -0.1) is 0 Å². The second kappa shape index (κ2) is 13.5. The van der Waals surface area contributed by atoms with Gasteiger partial charge < -0.3 is 10.2 Å². The van der Waals surface area contributed by atoms with E-state index < -0.39 is 18.5 Å². The van der Waals surface area contributed by atoms with Crippen LogP contribution in [0.5, 0.6) is 5.75 Å². The van der Waals surface area contributed by atoms with Crippen LogP contribution in [0.25, 0.3) is 0 Å². The molecule has 6 atom stereocenters. The van der Waals surface area contributed by atoms with Gasteiger partial charge >= 0.3 is 12.1 Å². The first-order chi connectivity index (χ1) is 18.9. The van der Waals surface area contributed by atoms with Crippen LogP contribution < -0.4 is 0 Å². The van der Waals surface area contributed by atoms with Crippen LogP contribution in [0.15, 0.2) is 18.2 Å². The molecule has 1 aromatic rings. The number of fused-ring (bicyclic) bond motifs is 5. The van der Waals surface area contributed by atoms with Crippen LogP contribution in [0.1, 0.15) is 114 Å². The molecule has 2 fully saturated rings. The third-order valence-electron chi connectivity index (χ3n) is 10.4. The van der Waals surface area contributed by atoms with Gasteiger partial charge in [-0.25, -0.2) is 0 Å². The molecule has 0 aliphatic heterocycles. The summed E-state index contributed by atoms with van der Waals surface area (Å²) in [6.45, 7) is 2.32. The number of phenols is 1. The van der Waals surface area contributed by atoms with E-state index in [-0.39, 0.29) is 17.9 Å². The van der Waals surface area contributed by atoms with Gasteiger partial charge in [-0.2, -0.15) is 22.0 Å². The highest BCUT2D eigenvalue weighted by molar-refractivity contribution is 7.78. The maximum atomic E-state index is 12.9. The molecule has 3 aliphatic rings. The van der Waals surface area contributed by atoms with Crippen LogP contribution in [0, 0.1) is 23.2 Å². The summed E-state index contributed by atoms with van der Waals surface area (Å²) < 4.78 is 62.4. The Hall–Kier alpha value is -1.02. The smallest absolute Gasteiger partial charge is 0.453 e. The van der Waals surface area contributed by atoms with Crippen LogP contribution in [-0.4, -0.2) is 39.9 Å². The molecular weight excluding hydrogens is 543 g/mol. The maximum absolute atomic E-state index is 12.9. The number of unbranched alkanes of at least 4 members (excludes halogenated alkanes) is 6. The molecule has 3 aliphatic carbocycles. The van der Waals surface area contributed by atoms with Gasteiger partial charge in [0.2, 0.25) is 0 Å². The Balaban J connectivity index is 1.13. The Morgan fingerprint density at radius 2 is 1.57 bits per heavy atom. The maximum Gasteiger partial charge on any atom is 0.453 e. The first-order valence-corrected chi connectivity index (χ1v) is 16.8. The quantitative estimate of drug-likeness (QED) is 0.0983. The highest BCUT2D eigenvalue weighted by Gasteiger charge is 2.57. The number of phenolic OH excluding ortho intramolecular Hbond substituents is 1. The lowest BCUT2D eigenvalue weighted by Crippen LogP contribution is -2.47. The first-order valence-electron chi connectivity index (χ1n) is 15.5. The zero-order valence-electron chi connectivity index (χ0n) is 23.9. The molecule has 3 unspecified atom stereocenters. The van der Waals surface area contributed by atoms with Gasteiger partial charge in [0.15, 0.2) is 0 Å². The molecule has 2 nitrogen and oxygen atoms in total. The van der Waals surface area contributed by atoms with Gasteiger partial charge in [0.05, 0.1) is 6.10 Å². The highest BCUT2D eigenvalue weighted by atomic mass is 32.2. The fraction of sp³-hybridized carbons (Fsp3) is 0.812. The van der Waals surface area contributed by atoms with Crippen LogP contribution in [0.3, 0.4) is 0 Å². The van der Waals surface area contributed by atoms with E-state index in [0.717, 1.165) is 68.9 Å². The van der Waals surface area contributed by atoms with Crippen molar-refractivity contribution in [2.45, 2.75) is 127 Å². The molecule has 228 valence electrons. The first kappa shape index (κ1) is 31.9. The average Bonchev–Trinajstić information content (AvgIpc) is 3.19. The molecule has 1 aromatic carbocycles. The standard InChI is InChI=1S/C32H47F5O2S/c1-30-17-15-26-25-12-11-24(38)21-23(25)20-22(29(26)27(30)13-14-28(30)39)10-7-5-3-2-4-6-8-18-40-19-9-16-31(33,34)32(35,36)37/h11-12,21-22,26-29,38-39H,2-10,13-20H2,1H3/p+1/t22-,26?,27?,28+,29?,30+/m1/s1. The Morgan fingerprint density at radius 1 is 0.900 bits per heavy atom. The summed E-state index contributed by atoms with van der Waals surface area (Å²) in [6, 6.07) is 5.97. The molecule has 2 N–H and O–H groups in total. The number of hydrogen-bond donors (Lipinski definition) is 2. The fourth-order valence-corrected chi connectivity index (χ4v) is 9.26. The van der Waals surface area contributed by atoms with E-state index in [2.05, 4.69) is 13.0 Å². The molecule has 2 saturated carbocycles. The van der Waals surface area contributed by atoms with Gasteiger partial charge in [0.1, 0.15) is 17.3 Å². The molecule has 0 bridgehead atoms. The lowest BCUT2D eigenvalue weighted by molar-refractivity contribution is -0.284. The number of benzene rings is 1. The summed E-state index contributed by atoms with van der Waals surface area (Å²) in [5.41, 5.74) is 2.80. The molecule has 0 saturated heterocycles. The summed E-state index contributed by atoms with van der Waals surface area (Å²) in [5, 5.41) is 21.0. The monoisotopic (exact) mass is 591 g/mol. The Labute approximate surface area is 240 Å². The number of halogens is 5. The van der Waals surface area contributed by atoms with Crippen molar-refractivity contribution in [3.05, 3.63) is 29.3 Å². The van der Waals surface area contributed by atoms with Gasteiger partial charge in [0.25, 0.3) is 0 Å². The molecule has 0 aromatic heterocycles. The second-order valence-corrected chi connectivity index (χ2v) is 14.4. The summed E-state index contributed by atoms with van der Waals surface area (Å²) >= 11 is 0.969. The van der Waals surface area contributed by atoms with Crippen LogP contribution >= 0.6 is 0 Å². The number of hydrogen-bond acceptors (Lipinski definition) is 2. The van der Waals surface area contributed by atoms with Gasteiger partial charge in [-0.1, -0.05) is 45.1 Å². The SMILES string of the molecule is C[C@]12CCC3c4ccc(O)cc4C[C@@H](CCCCCCCCC[SH+]CCCC(F)(F)C(F)(F)F)C3C1CC[C@@H]2O. The summed E-state index contributed by atoms with van der Waals surface area (Å²) in [7, 11) is 0. The fourth-order valence-electron chi connectivity index (χ4n) is 8.21. The molecule has 8 heteroatoms. The summed E-state index contributed by atoms with van der Waals surface area (Å²) in [6.07, 6.45) is 7.68. The Kier molecular flexibility index (Phi) is 10.8. The third kappa shape index (κ3) is 7.30. The molecule has 0 radical (unpaired) electrons. The van der Waals surface area contributed by atoms with Crippen molar-refractivity contribution in [3.8, 4) is 5.75 Å². The normalized spacial score (nSPS) is 30.1. The zero-order chi connectivity index (χ0) is 29.0. The number of aliphatic hydroxyl groups is 1. The molecular formula is C32H48F5O2S+. The lowest BCUT2D eigenvalue weighted by atomic mass is 9.52. The van der Waals surface area contributed by atoms with Gasteiger partial charge in [0, 0.05) is 6.42 Å². The molecule has 40 heavy (non-hydrogen) atoms. The van der Waals surface area contributed by atoms with Crippen molar-refractivity contribution < 1.29 is 32.2 Å². The predicted octanol–water partition coefficient (Wildman–Crippen LogP) is 8.75. The van der Waals surface area contributed by atoms with Crippen molar-refractivity contribution in [1.82, 2.24) is 0 Å². The Morgan fingerprint density at radius 3 is 2.30 bits per heavy atom. The van der Waals surface area contributed by atoms with Crippen molar-refractivity contribution in [3.63, 3.8) is 0 Å². The Bertz CT molecular complexity index is 954. The van der Waals surface area contributed by atoms with Crippen LogP contribution in [0.4, 0.5) is 22.0 Å². The van der Waals surface area contributed by atoms with E-state index in [0.29, 0.717) is 35.2 Å². The van der Waals surface area contributed by atoms with Crippen molar-refractivity contribution in [2.24, 2.45) is 23.2 Å². The van der Waals surface area contributed by atoms with Gasteiger partial charge in [-0.05, 0) is 122 Å². The third-order valence-corrected chi connectivity index (χ3v) is 11.7. The topological polar surface area (TPSA) is 40.5 Å². The van der Waals surface area contributed by atoms with Crippen molar-refractivity contribution >= 4 is 11.8 Å². The largest absolute Gasteiger partial charge is 0.508 e. The van der Waals surface area contributed by atoms with Crippen LogP contribution in [-0.2, 0) is 18.2 Å². The summed E-state index contributed by atoms with van der Waals surface area (Å²) in [4.78, 5) is 0. The van der Waals surface area contributed by atoms with E-state index >= 15 is 0 Å². The lowest BCUT2D eigenvalue weighted by Gasteiger charge is -2.53. The second-order valence-electron chi connectivity index (χ2n) is 13.0. The zero-order valence-corrected chi connectivity index (χ0v) is 24.8. The van der Waals surface area contributed by atoms with E-state index in [1.165, 1.54) is 43.2 Å². The number of alkyl halides is 5. The predicted molar refractivity (Wildman–Crippen MR) is 153 cm³/mol. The minimum Gasteiger partial charge on any atom is -0.508 e. The van der Waals surface area contributed by atoms with E-state index in [1.807, 2.05) is 12.1 Å². The van der Waals surface area contributed by atoms with E-state index in [9.17, 15) is 32.2 Å². The number of rotatable bonds is 14. The van der Waals surface area contributed by atoms with E-state index in [1.54, 1.807) is 0 Å². The van der Waals surface area contributed by atoms with Crippen molar-refractivity contribution in [1.29, 1.82) is 0 Å². The minimum absolute atomic E-state index is 0.0431. The molecule has 0 amide bonds. The number of aliphatic hydroxyl groups excluding tert-OH is 1. The van der Waals surface area contributed by atoms with Gasteiger partial charge in [-0.3, -0.25) is 0 Å².